The Balaban J connectivity index is 2.32. The molecule has 2 heterocycles. The van der Waals surface area contributed by atoms with Gasteiger partial charge in [-0.2, -0.15) is 5.10 Å². The summed E-state index contributed by atoms with van der Waals surface area (Å²) in [6.45, 7) is 5.17. The van der Waals surface area contributed by atoms with Crippen molar-refractivity contribution in [1.29, 1.82) is 0 Å². The number of aryl methyl sites for hydroxylation is 2. The highest BCUT2D eigenvalue weighted by Gasteiger charge is 2.21. The molecule has 0 amide bonds. The van der Waals surface area contributed by atoms with Crippen LogP contribution in [-0.2, 0) is 7.05 Å². The second kappa shape index (κ2) is 5.19. The molecule has 2 aromatic rings. The van der Waals surface area contributed by atoms with Crippen molar-refractivity contribution >= 4 is 0 Å². The SMILES string of the molecule is CCCNC(c1occc1C)c1ccnn1C. The Morgan fingerprint density at radius 2 is 2.29 bits per heavy atom. The molecule has 0 saturated heterocycles. The molecular formula is C13H19N3O. The summed E-state index contributed by atoms with van der Waals surface area (Å²) in [4.78, 5) is 0. The van der Waals surface area contributed by atoms with E-state index < -0.39 is 0 Å². The Kier molecular flexibility index (Phi) is 3.64. The van der Waals surface area contributed by atoms with E-state index in [0.717, 1.165) is 24.4 Å². The molecule has 0 bridgehead atoms. The van der Waals surface area contributed by atoms with E-state index in [0.29, 0.717) is 0 Å². The molecule has 1 unspecified atom stereocenters. The Hall–Kier alpha value is -1.55. The van der Waals surface area contributed by atoms with Crippen molar-refractivity contribution in [3.8, 4) is 0 Å². The summed E-state index contributed by atoms with van der Waals surface area (Å²) >= 11 is 0. The quantitative estimate of drug-likeness (QED) is 0.862. The molecule has 0 aliphatic carbocycles. The predicted molar refractivity (Wildman–Crippen MR) is 66.8 cm³/mol. The van der Waals surface area contributed by atoms with Gasteiger partial charge in [0.1, 0.15) is 11.8 Å². The van der Waals surface area contributed by atoms with Gasteiger partial charge in [-0.25, -0.2) is 0 Å². The van der Waals surface area contributed by atoms with Crippen molar-refractivity contribution in [2.24, 2.45) is 7.05 Å². The van der Waals surface area contributed by atoms with Crippen LogP contribution in [0.1, 0.15) is 36.4 Å². The summed E-state index contributed by atoms with van der Waals surface area (Å²) in [5.74, 6) is 0.974. The molecular weight excluding hydrogens is 214 g/mol. The van der Waals surface area contributed by atoms with Crippen LogP contribution in [0.4, 0.5) is 0 Å². The maximum absolute atomic E-state index is 5.60. The summed E-state index contributed by atoms with van der Waals surface area (Å²) in [6.07, 6.45) is 4.64. The summed E-state index contributed by atoms with van der Waals surface area (Å²) < 4.78 is 7.48. The third-order valence-electron chi connectivity index (χ3n) is 2.92. The average Bonchev–Trinajstić information content (AvgIpc) is 2.90. The first-order chi connectivity index (χ1) is 8.24. The topological polar surface area (TPSA) is 43.0 Å². The molecule has 0 saturated carbocycles. The number of hydrogen-bond donors (Lipinski definition) is 1. The van der Waals surface area contributed by atoms with Crippen molar-refractivity contribution in [1.82, 2.24) is 15.1 Å². The minimum absolute atomic E-state index is 0.0810. The van der Waals surface area contributed by atoms with Crippen molar-refractivity contribution in [3.63, 3.8) is 0 Å². The van der Waals surface area contributed by atoms with Gasteiger partial charge in [0, 0.05) is 13.2 Å². The first kappa shape index (κ1) is 11.9. The van der Waals surface area contributed by atoms with E-state index in [-0.39, 0.29) is 6.04 Å². The van der Waals surface area contributed by atoms with Crippen molar-refractivity contribution in [2.45, 2.75) is 26.3 Å². The zero-order chi connectivity index (χ0) is 12.3. The Morgan fingerprint density at radius 3 is 2.82 bits per heavy atom. The fourth-order valence-corrected chi connectivity index (χ4v) is 1.97. The molecule has 17 heavy (non-hydrogen) atoms. The number of nitrogens with one attached hydrogen (secondary N) is 1. The zero-order valence-electron chi connectivity index (χ0n) is 10.6. The van der Waals surface area contributed by atoms with Gasteiger partial charge >= 0.3 is 0 Å². The molecule has 4 nitrogen and oxygen atoms in total. The average molecular weight is 233 g/mol. The number of hydrogen-bond acceptors (Lipinski definition) is 3. The predicted octanol–water partition coefficient (Wildman–Crippen LogP) is 2.41. The van der Waals surface area contributed by atoms with Gasteiger partial charge < -0.3 is 9.73 Å². The van der Waals surface area contributed by atoms with Gasteiger partial charge in [-0.05, 0) is 37.6 Å². The monoisotopic (exact) mass is 233 g/mol. The standard InChI is InChI=1S/C13H19N3O/c1-4-7-14-12(11-5-8-15-16(11)3)13-10(2)6-9-17-13/h5-6,8-9,12,14H,4,7H2,1-3H3. The Bertz CT molecular complexity index is 432. The lowest BCUT2D eigenvalue weighted by Gasteiger charge is -2.17. The van der Waals surface area contributed by atoms with Crippen LogP contribution >= 0.6 is 0 Å². The number of furan rings is 1. The highest BCUT2D eigenvalue weighted by molar-refractivity contribution is 5.26. The second-order valence-electron chi connectivity index (χ2n) is 4.23. The van der Waals surface area contributed by atoms with Gasteiger partial charge in [0.25, 0.3) is 0 Å². The molecule has 0 aliphatic rings. The first-order valence-corrected chi connectivity index (χ1v) is 5.99. The van der Waals surface area contributed by atoms with E-state index in [4.69, 9.17) is 4.42 Å². The molecule has 92 valence electrons. The van der Waals surface area contributed by atoms with Crippen molar-refractivity contribution in [3.05, 3.63) is 41.6 Å². The van der Waals surface area contributed by atoms with E-state index >= 15 is 0 Å². The van der Waals surface area contributed by atoms with Crippen LogP contribution in [-0.4, -0.2) is 16.3 Å². The molecule has 2 aromatic heterocycles. The van der Waals surface area contributed by atoms with Gasteiger partial charge in [-0.3, -0.25) is 4.68 Å². The number of nitrogens with zero attached hydrogens (tertiary/aromatic N) is 2. The van der Waals surface area contributed by atoms with E-state index in [2.05, 4.69) is 24.3 Å². The van der Waals surface area contributed by atoms with Gasteiger partial charge in [0.15, 0.2) is 0 Å². The normalized spacial score (nSPS) is 12.9. The van der Waals surface area contributed by atoms with Crippen LogP contribution in [0, 0.1) is 6.92 Å². The number of rotatable bonds is 5. The molecule has 0 fully saturated rings. The molecule has 4 heteroatoms. The zero-order valence-corrected chi connectivity index (χ0v) is 10.6. The van der Waals surface area contributed by atoms with Crippen LogP contribution in [0.5, 0.6) is 0 Å². The third-order valence-corrected chi connectivity index (χ3v) is 2.92. The molecule has 0 spiro atoms. The van der Waals surface area contributed by atoms with Gasteiger partial charge in [0.05, 0.1) is 12.0 Å². The molecule has 2 rings (SSSR count). The van der Waals surface area contributed by atoms with E-state index in [9.17, 15) is 0 Å². The lowest BCUT2D eigenvalue weighted by Crippen LogP contribution is -2.25. The lowest BCUT2D eigenvalue weighted by atomic mass is 10.1. The largest absolute Gasteiger partial charge is 0.467 e. The summed E-state index contributed by atoms with van der Waals surface area (Å²) in [5, 5.41) is 7.72. The van der Waals surface area contributed by atoms with E-state index in [1.165, 1.54) is 5.56 Å². The van der Waals surface area contributed by atoms with Crippen molar-refractivity contribution < 1.29 is 4.42 Å². The van der Waals surface area contributed by atoms with Crippen LogP contribution in [0.3, 0.4) is 0 Å². The van der Waals surface area contributed by atoms with Crippen LogP contribution < -0.4 is 5.32 Å². The molecule has 1 N–H and O–H groups in total. The Labute approximate surface area is 102 Å². The summed E-state index contributed by atoms with van der Waals surface area (Å²) in [6, 6.07) is 4.10. The van der Waals surface area contributed by atoms with Gasteiger partial charge in [0.2, 0.25) is 0 Å². The minimum atomic E-state index is 0.0810. The highest BCUT2D eigenvalue weighted by atomic mass is 16.3. The molecule has 0 radical (unpaired) electrons. The third kappa shape index (κ3) is 2.42. The fourth-order valence-electron chi connectivity index (χ4n) is 1.97. The van der Waals surface area contributed by atoms with Crippen LogP contribution in [0.15, 0.2) is 29.0 Å². The Morgan fingerprint density at radius 1 is 1.47 bits per heavy atom. The molecule has 1 atom stereocenters. The summed E-state index contributed by atoms with van der Waals surface area (Å²) in [5.41, 5.74) is 2.29. The van der Waals surface area contributed by atoms with Crippen LogP contribution in [0.2, 0.25) is 0 Å². The van der Waals surface area contributed by atoms with E-state index in [1.807, 2.05) is 30.1 Å². The maximum Gasteiger partial charge on any atom is 0.129 e. The second-order valence-corrected chi connectivity index (χ2v) is 4.23. The van der Waals surface area contributed by atoms with Crippen LogP contribution in [0.25, 0.3) is 0 Å². The smallest absolute Gasteiger partial charge is 0.129 e. The molecule has 0 aromatic carbocycles. The minimum Gasteiger partial charge on any atom is -0.467 e. The highest BCUT2D eigenvalue weighted by Crippen LogP contribution is 2.25. The van der Waals surface area contributed by atoms with Gasteiger partial charge in [-0.1, -0.05) is 6.92 Å². The first-order valence-electron chi connectivity index (χ1n) is 5.99. The summed E-state index contributed by atoms with van der Waals surface area (Å²) in [7, 11) is 1.95. The lowest BCUT2D eigenvalue weighted by molar-refractivity contribution is 0.430. The number of aromatic nitrogens is 2. The van der Waals surface area contributed by atoms with Gasteiger partial charge in [-0.15, -0.1) is 0 Å². The fraction of sp³-hybridized carbons (Fsp3) is 0.462. The van der Waals surface area contributed by atoms with Crippen molar-refractivity contribution in [2.75, 3.05) is 6.54 Å². The van der Waals surface area contributed by atoms with E-state index in [1.54, 1.807) is 6.26 Å². The molecule has 0 aliphatic heterocycles. The maximum atomic E-state index is 5.60.